The van der Waals surface area contributed by atoms with Gasteiger partial charge >= 0.3 is 29.6 Å². The van der Waals surface area contributed by atoms with Crippen LogP contribution in [0.5, 0.6) is 0 Å². The molecular formula is C14H17NaO3. The van der Waals surface area contributed by atoms with Gasteiger partial charge in [0.25, 0.3) is 0 Å². The third kappa shape index (κ3) is 1.32. The molecule has 0 saturated heterocycles. The Morgan fingerprint density at radius 2 is 1.94 bits per heavy atom. The van der Waals surface area contributed by atoms with Crippen LogP contribution in [0.25, 0.3) is 0 Å². The molecule has 3 nitrogen and oxygen atoms in total. The fraction of sp³-hybridized carbons (Fsp3) is 0.786. The van der Waals surface area contributed by atoms with E-state index in [1.165, 1.54) is 13.5 Å². The smallest absolute Gasteiger partial charge is 0.547 e. The predicted octanol–water partition coefficient (Wildman–Crippen LogP) is -2.40. The Morgan fingerprint density at radius 1 is 1.28 bits per heavy atom. The largest absolute Gasteiger partial charge is 1.00 e. The second kappa shape index (κ2) is 4.08. The van der Waals surface area contributed by atoms with Gasteiger partial charge in [0.05, 0.1) is 5.97 Å². The maximum atomic E-state index is 11.5. The number of allylic oxidation sites excluding steroid dienone is 2. The summed E-state index contributed by atoms with van der Waals surface area (Å²) < 4.78 is 5.42. The van der Waals surface area contributed by atoms with Gasteiger partial charge < -0.3 is 14.6 Å². The van der Waals surface area contributed by atoms with Crippen molar-refractivity contribution in [3.8, 4) is 0 Å². The molecule has 0 spiro atoms. The van der Waals surface area contributed by atoms with E-state index in [2.05, 4.69) is 12.2 Å². The fourth-order valence-corrected chi connectivity index (χ4v) is 5.58. The number of carboxylic acid groups (broad SMARTS) is 1. The number of hydrogen-bond acceptors (Lipinski definition) is 3. The van der Waals surface area contributed by atoms with Gasteiger partial charge in [0.1, 0.15) is 5.60 Å². The molecule has 3 fully saturated rings. The van der Waals surface area contributed by atoms with Crippen LogP contribution in [0.2, 0.25) is 0 Å². The van der Waals surface area contributed by atoms with Gasteiger partial charge in [0.2, 0.25) is 0 Å². The van der Waals surface area contributed by atoms with Crippen LogP contribution in [0.1, 0.15) is 19.3 Å². The van der Waals surface area contributed by atoms with Crippen molar-refractivity contribution in [2.45, 2.75) is 24.9 Å². The summed E-state index contributed by atoms with van der Waals surface area (Å²) in [5.74, 6) is 2.35. The van der Waals surface area contributed by atoms with Crippen LogP contribution in [0.3, 0.4) is 0 Å². The first-order valence-corrected chi connectivity index (χ1v) is 6.62. The Hall–Kier alpha value is 0.170. The molecule has 7 atom stereocenters. The number of carbonyl (C=O) groups excluding carboxylic acids is 1. The average Bonchev–Trinajstić information content (AvgIpc) is 3.05. The third-order valence-electron chi connectivity index (χ3n) is 6.02. The Labute approximate surface area is 129 Å². The van der Waals surface area contributed by atoms with E-state index in [0.29, 0.717) is 24.2 Å². The van der Waals surface area contributed by atoms with Gasteiger partial charge in [-0.3, -0.25) is 0 Å². The van der Waals surface area contributed by atoms with Gasteiger partial charge in [-0.25, -0.2) is 0 Å². The summed E-state index contributed by atoms with van der Waals surface area (Å²) in [4.78, 5) is 11.5. The summed E-state index contributed by atoms with van der Waals surface area (Å²) in [7, 11) is 1.54. The van der Waals surface area contributed by atoms with Crippen LogP contribution in [0, 0.1) is 35.5 Å². The average molecular weight is 256 g/mol. The SMILES string of the molecule is COC1(C(=O)[O-])CC2CC1C1C3C=CC(C3)C21.[Na+]. The number of carbonyl (C=O) groups is 1. The zero-order valence-electron chi connectivity index (χ0n) is 11.0. The molecule has 0 aromatic heterocycles. The van der Waals surface area contributed by atoms with Gasteiger partial charge in [-0.15, -0.1) is 0 Å². The van der Waals surface area contributed by atoms with Crippen molar-refractivity contribution >= 4 is 5.97 Å². The second-order valence-electron chi connectivity index (χ2n) is 6.29. The molecule has 0 aromatic carbocycles. The van der Waals surface area contributed by atoms with E-state index in [4.69, 9.17) is 4.74 Å². The number of methoxy groups -OCH3 is 1. The van der Waals surface area contributed by atoms with Crippen molar-refractivity contribution < 1.29 is 44.2 Å². The zero-order chi connectivity index (χ0) is 11.8. The monoisotopic (exact) mass is 256 g/mol. The van der Waals surface area contributed by atoms with Crippen LogP contribution >= 0.6 is 0 Å². The van der Waals surface area contributed by atoms with Crippen molar-refractivity contribution in [2.24, 2.45) is 35.5 Å². The maximum Gasteiger partial charge on any atom is 1.00 e. The molecule has 4 aliphatic rings. The Balaban J connectivity index is 0.000001000. The summed E-state index contributed by atoms with van der Waals surface area (Å²) in [5, 5.41) is 11.5. The molecule has 0 N–H and O–H groups in total. The third-order valence-corrected chi connectivity index (χ3v) is 6.02. The molecule has 0 aliphatic heterocycles. The van der Waals surface area contributed by atoms with Crippen molar-refractivity contribution in [3.05, 3.63) is 12.2 Å². The minimum absolute atomic E-state index is 0. The molecule has 0 amide bonds. The fourth-order valence-electron chi connectivity index (χ4n) is 5.58. The van der Waals surface area contributed by atoms with Crippen LogP contribution in [0.15, 0.2) is 12.2 Å². The Kier molecular flexibility index (Phi) is 2.98. The molecule has 4 heteroatoms. The van der Waals surface area contributed by atoms with Gasteiger partial charge in [0.15, 0.2) is 0 Å². The number of fused-ring (bicyclic) bond motifs is 9. The first-order chi connectivity index (χ1) is 8.17. The van der Waals surface area contributed by atoms with E-state index in [1.807, 2.05) is 0 Å². The minimum atomic E-state index is -0.988. The van der Waals surface area contributed by atoms with Gasteiger partial charge in [0, 0.05) is 7.11 Å². The molecule has 0 heterocycles. The Bertz CT molecular complexity index is 421. The molecule has 4 rings (SSSR count). The molecule has 0 radical (unpaired) electrons. The van der Waals surface area contributed by atoms with Crippen molar-refractivity contribution in [3.63, 3.8) is 0 Å². The van der Waals surface area contributed by atoms with Gasteiger partial charge in [-0.2, -0.15) is 0 Å². The van der Waals surface area contributed by atoms with Crippen LogP contribution in [-0.2, 0) is 9.53 Å². The number of ether oxygens (including phenoxy) is 1. The quantitative estimate of drug-likeness (QED) is 0.314. The van der Waals surface area contributed by atoms with E-state index in [1.54, 1.807) is 0 Å². The maximum absolute atomic E-state index is 11.5. The van der Waals surface area contributed by atoms with Crippen molar-refractivity contribution in [1.29, 1.82) is 0 Å². The van der Waals surface area contributed by atoms with E-state index in [-0.39, 0.29) is 35.5 Å². The first kappa shape index (κ1) is 13.2. The van der Waals surface area contributed by atoms with Crippen LogP contribution < -0.4 is 34.7 Å². The topological polar surface area (TPSA) is 49.4 Å². The van der Waals surface area contributed by atoms with Crippen molar-refractivity contribution in [1.82, 2.24) is 0 Å². The Morgan fingerprint density at radius 3 is 2.56 bits per heavy atom. The standard InChI is InChI=1S/C14H18O3.Na/c1-17-14(13(15)16)6-9-5-10(14)12-8-3-2-7(4-8)11(9)12;/h2-3,7-12H,4-6H2,1H3,(H,15,16);/q;+1/p-1. The van der Waals surface area contributed by atoms with E-state index in [9.17, 15) is 9.90 Å². The summed E-state index contributed by atoms with van der Waals surface area (Å²) in [6.07, 6.45) is 7.62. The van der Waals surface area contributed by atoms with Crippen LogP contribution in [-0.4, -0.2) is 18.7 Å². The summed E-state index contributed by atoms with van der Waals surface area (Å²) in [5.41, 5.74) is -0.982. The number of carboxylic acids is 1. The predicted molar refractivity (Wildman–Crippen MR) is 58.7 cm³/mol. The summed E-state index contributed by atoms with van der Waals surface area (Å²) >= 11 is 0. The molecule has 0 aromatic rings. The number of hydrogen-bond donors (Lipinski definition) is 0. The molecular weight excluding hydrogens is 239 g/mol. The second-order valence-corrected chi connectivity index (χ2v) is 6.29. The van der Waals surface area contributed by atoms with Crippen LogP contribution in [0.4, 0.5) is 0 Å². The van der Waals surface area contributed by atoms with Gasteiger partial charge in [-0.1, -0.05) is 12.2 Å². The normalized spacial score (nSPS) is 54.5. The van der Waals surface area contributed by atoms with Crippen molar-refractivity contribution in [2.75, 3.05) is 7.11 Å². The summed E-state index contributed by atoms with van der Waals surface area (Å²) in [6.45, 7) is 0. The molecule has 3 saturated carbocycles. The molecule has 4 bridgehead atoms. The minimum Gasteiger partial charge on any atom is -0.547 e. The molecule has 92 valence electrons. The van der Waals surface area contributed by atoms with E-state index >= 15 is 0 Å². The molecule has 7 unspecified atom stereocenters. The first-order valence-electron chi connectivity index (χ1n) is 6.62. The summed E-state index contributed by atoms with van der Waals surface area (Å²) in [6, 6.07) is 0. The van der Waals surface area contributed by atoms with E-state index < -0.39 is 11.6 Å². The zero-order valence-corrected chi connectivity index (χ0v) is 13.0. The number of rotatable bonds is 2. The number of aliphatic carboxylic acids is 1. The molecule has 18 heavy (non-hydrogen) atoms. The van der Waals surface area contributed by atoms with Gasteiger partial charge in [-0.05, 0) is 54.8 Å². The molecule has 4 aliphatic carbocycles. The van der Waals surface area contributed by atoms with E-state index in [0.717, 1.165) is 18.3 Å².